The molecule has 0 spiro atoms. The average Bonchev–Trinajstić information content (AvgIpc) is 3.32. The predicted octanol–water partition coefficient (Wildman–Crippen LogP) is 13.2. The van der Waals surface area contributed by atoms with Gasteiger partial charge in [-0.25, -0.2) is 24.9 Å². The maximum Gasteiger partial charge on any atom is 0.164 e. The van der Waals surface area contributed by atoms with Crippen LogP contribution in [-0.4, -0.2) is 24.9 Å². The second-order valence-electron chi connectivity index (χ2n) is 14.2. The summed E-state index contributed by atoms with van der Waals surface area (Å²) in [5, 5.41) is 2.31. The van der Waals surface area contributed by atoms with E-state index < -0.39 is 0 Å². The molecule has 5 heteroatoms. The van der Waals surface area contributed by atoms with Crippen molar-refractivity contribution in [3.63, 3.8) is 0 Å². The number of fused-ring (bicyclic) bond motifs is 1. The first-order chi connectivity index (χ1) is 28.7. The van der Waals surface area contributed by atoms with Crippen LogP contribution in [0, 0.1) is 0 Å². The average molecular weight is 742 g/mol. The summed E-state index contributed by atoms with van der Waals surface area (Å²) in [5.74, 6) is 2.55. The van der Waals surface area contributed by atoms with Gasteiger partial charge >= 0.3 is 0 Å². The molecule has 10 rings (SSSR count). The molecule has 0 unspecified atom stereocenters. The smallest absolute Gasteiger partial charge is 0.164 e. The standard InChI is InChI=1S/C53H35N5/c1-4-14-36(15-5-1)38-26-29-39(30-27-38)48-35-49(55-50(54-48)40-17-6-2-7-18-40)45-24-12-22-43(32-45)44-23-13-25-46(34-44)52-56-51(41-19-8-3-9-20-41)57-53(58-52)47-31-28-37-16-10-11-21-42(37)33-47/h1-35H. The minimum Gasteiger partial charge on any atom is -0.228 e. The van der Waals surface area contributed by atoms with Gasteiger partial charge in [-0.3, -0.25) is 0 Å². The van der Waals surface area contributed by atoms with E-state index in [1.165, 1.54) is 10.9 Å². The van der Waals surface area contributed by atoms with Crippen LogP contribution in [0.25, 0.3) is 101 Å². The van der Waals surface area contributed by atoms with Gasteiger partial charge in [0, 0.05) is 33.4 Å². The van der Waals surface area contributed by atoms with Crippen LogP contribution in [0.15, 0.2) is 212 Å². The lowest BCUT2D eigenvalue weighted by atomic mass is 9.98. The highest BCUT2D eigenvalue weighted by atomic mass is 15.0. The lowest BCUT2D eigenvalue weighted by Gasteiger charge is -2.12. The van der Waals surface area contributed by atoms with E-state index in [0.717, 1.165) is 66.8 Å². The van der Waals surface area contributed by atoms with Crippen molar-refractivity contribution in [2.75, 3.05) is 0 Å². The molecule has 2 aromatic heterocycles. The molecular weight excluding hydrogens is 707 g/mol. The highest BCUT2D eigenvalue weighted by Gasteiger charge is 2.15. The molecule has 5 nitrogen and oxygen atoms in total. The van der Waals surface area contributed by atoms with Gasteiger partial charge in [-0.2, -0.15) is 0 Å². The summed E-state index contributed by atoms with van der Waals surface area (Å²) in [6.07, 6.45) is 0. The first-order valence-electron chi connectivity index (χ1n) is 19.3. The molecule has 0 aliphatic rings. The van der Waals surface area contributed by atoms with Crippen molar-refractivity contribution in [3.8, 4) is 90.3 Å². The summed E-state index contributed by atoms with van der Waals surface area (Å²) in [7, 11) is 0. The van der Waals surface area contributed by atoms with Crippen LogP contribution in [-0.2, 0) is 0 Å². The van der Waals surface area contributed by atoms with Crippen LogP contribution in [0.4, 0.5) is 0 Å². The molecule has 8 aromatic carbocycles. The molecule has 0 amide bonds. The molecular formula is C53H35N5. The Balaban J connectivity index is 1.04. The third kappa shape index (κ3) is 7.16. The Hall–Kier alpha value is -7.89. The van der Waals surface area contributed by atoms with Crippen molar-refractivity contribution in [3.05, 3.63) is 212 Å². The first-order valence-corrected chi connectivity index (χ1v) is 19.3. The lowest BCUT2D eigenvalue weighted by Crippen LogP contribution is -2.00. The Kier molecular flexibility index (Phi) is 9.14. The normalized spacial score (nSPS) is 11.1. The van der Waals surface area contributed by atoms with Crippen molar-refractivity contribution in [1.82, 2.24) is 24.9 Å². The summed E-state index contributed by atoms with van der Waals surface area (Å²) >= 11 is 0. The Morgan fingerprint density at radius 3 is 1.19 bits per heavy atom. The predicted molar refractivity (Wildman–Crippen MR) is 236 cm³/mol. The molecule has 58 heavy (non-hydrogen) atoms. The van der Waals surface area contributed by atoms with Crippen molar-refractivity contribution >= 4 is 10.8 Å². The molecule has 0 saturated heterocycles. The minimum absolute atomic E-state index is 0.612. The Bertz CT molecular complexity index is 3040. The molecule has 2 heterocycles. The van der Waals surface area contributed by atoms with Crippen molar-refractivity contribution in [2.24, 2.45) is 0 Å². The molecule has 0 N–H and O–H groups in total. The summed E-state index contributed by atoms with van der Waals surface area (Å²) in [4.78, 5) is 25.3. The summed E-state index contributed by atoms with van der Waals surface area (Å²) < 4.78 is 0. The number of aromatic nitrogens is 5. The molecule has 0 bridgehead atoms. The second kappa shape index (κ2) is 15.3. The van der Waals surface area contributed by atoms with Gasteiger partial charge in [0.2, 0.25) is 0 Å². The van der Waals surface area contributed by atoms with Gasteiger partial charge in [0.15, 0.2) is 23.3 Å². The van der Waals surface area contributed by atoms with Crippen LogP contribution < -0.4 is 0 Å². The summed E-state index contributed by atoms with van der Waals surface area (Å²) in [6.45, 7) is 0. The Labute approximate surface area is 337 Å². The molecule has 0 saturated carbocycles. The van der Waals surface area contributed by atoms with E-state index in [1.807, 2.05) is 54.6 Å². The number of hydrogen-bond acceptors (Lipinski definition) is 5. The SMILES string of the molecule is c1ccc(-c2ccc(-c3cc(-c4cccc(-c5cccc(-c6nc(-c7ccccc7)nc(-c7ccc8ccccc8c7)n6)c5)c4)nc(-c4ccccc4)n3)cc2)cc1. The third-order valence-electron chi connectivity index (χ3n) is 10.3. The zero-order chi connectivity index (χ0) is 38.7. The highest BCUT2D eigenvalue weighted by molar-refractivity contribution is 5.87. The van der Waals surface area contributed by atoms with Crippen LogP contribution in [0.2, 0.25) is 0 Å². The van der Waals surface area contributed by atoms with Crippen molar-refractivity contribution in [1.29, 1.82) is 0 Å². The van der Waals surface area contributed by atoms with Gasteiger partial charge in [-0.1, -0.05) is 188 Å². The zero-order valence-electron chi connectivity index (χ0n) is 31.4. The van der Waals surface area contributed by atoms with E-state index in [-0.39, 0.29) is 0 Å². The first kappa shape index (κ1) is 34.6. The van der Waals surface area contributed by atoms with E-state index in [9.17, 15) is 0 Å². The fraction of sp³-hybridized carbons (Fsp3) is 0. The Morgan fingerprint density at radius 2 is 0.569 bits per heavy atom. The van der Waals surface area contributed by atoms with Crippen molar-refractivity contribution < 1.29 is 0 Å². The molecule has 0 radical (unpaired) electrons. The summed E-state index contributed by atoms with van der Waals surface area (Å²) in [5.41, 5.74) is 11.9. The number of benzene rings is 8. The fourth-order valence-corrected chi connectivity index (χ4v) is 7.30. The fourth-order valence-electron chi connectivity index (χ4n) is 7.30. The molecule has 10 aromatic rings. The van der Waals surface area contributed by atoms with Gasteiger partial charge in [0.05, 0.1) is 11.4 Å². The van der Waals surface area contributed by atoms with Gasteiger partial charge in [0.1, 0.15) is 0 Å². The Morgan fingerprint density at radius 1 is 0.190 bits per heavy atom. The number of hydrogen-bond donors (Lipinski definition) is 0. The van der Waals surface area contributed by atoms with Crippen LogP contribution in [0.5, 0.6) is 0 Å². The topological polar surface area (TPSA) is 64.5 Å². The molecule has 0 fully saturated rings. The highest BCUT2D eigenvalue weighted by Crippen LogP contribution is 2.33. The van der Waals surface area contributed by atoms with Crippen LogP contribution >= 0.6 is 0 Å². The minimum atomic E-state index is 0.612. The van der Waals surface area contributed by atoms with Crippen LogP contribution in [0.1, 0.15) is 0 Å². The van der Waals surface area contributed by atoms with Crippen LogP contribution in [0.3, 0.4) is 0 Å². The third-order valence-corrected chi connectivity index (χ3v) is 10.3. The molecule has 0 atom stereocenters. The lowest BCUT2D eigenvalue weighted by molar-refractivity contribution is 1.07. The summed E-state index contributed by atoms with van der Waals surface area (Å²) in [6, 6.07) is 73.0. The number of rotatable bonds is 8. The zero-order valence-corrected chi connectivity index (χ0v) is 31.4. The van der Waals surface area contributed by atoms with Gasteiger partial charge in [-0.15, -0.1) is 0 Å². The molecule has 0 aliphatic heterocycles. The molecule has 0 aliphatic carbocycles. The maximum absolute atomic E-state index is 5.12. The van der Waals surface area contributed by atoms with E-state index in [4.69, 9.17) is 24.9 Å². The quantitative estimate of drug-likeness (QED) is 0.155. The van der Waals surface area contributed by atoms with E-state index in [1.54, 1.807) is 0 Å². The van der Waals surface area contributed by atoms with Gasteiger partial charge < -0.3 is 0 Å². The van der Waals surface area contributed by atoms with E-state index >= 15 is 0 Å². The monoisotopic (exact) mass is 741 g/mol. The van der Waals surface area contributed by atoms with Gasteiger partial charge in [0.25, 0.3) is 0 Å². The second-order valence-corrected chi connectivity index (χ2v) is 14.2. The van der Waals surface area contributed by atoms with Crippen molar-refractivity contribution in [2.45, 2.75) is 0 Å². The van der Waals surface area contributed by atoms with E-state index in [0.29, 0.717) is 23.3 Å². The number of nitrogens with zero attached hydrogens (tertiary/aromatic N) is 5. The maximum atomic E-state index is 5.12. The van der Waals surface area contributed by atoms with Gasteiger partial charge in [-0.05, 0) is 57.3 Å². The molecule has 272 valence electrons. The van der Waals surface area contributed by atoms with E-state index in [2.05, 4.69) is 158 Å². The largest absolute Gasteiger partial charge is 0.228 e.